The third kappa shape index (κ3) is 2.81. The van der Waals surface area contributed by atoms with E-state index in [-0.39, 0.29) is 5.92 Å². The van der Waals surface area contributed by atoms with Gasteiger partial charge in [-0.05, 0) is 25.2 Å². The minimum Gasteiger partial charge on any atom is -0.273 e. The molecule has 1 atom stereocenters. The van der Waals surface area contributed by atoms with Gasteiger partial charge in [-0.3, -0.25) is 5.43 Å². The molecular formula is C13H11F5N2. The average molecular weight is 290 g/mol. The Bertz CT molecular complexity index is 539. The maximum atomic E-state index is 13.3. The van der Waals surface area contributed by atoms with Crippen molar-refractivity contribution in [2.45, 2.75) is 19.3 Å². The van der Waals surface area contributed by atoms with Crippen LogP contribution in [0.4, 0.5) is 27.6 Å². The molecule has 1 aromatic carbocycles. The van der Waals surface area contributed by atoms with Crippen LogP contribution < -0.4 is 5.43 Å². The maximum absolute atomic E-state index is 13.3. The molecule has 0 spiro atoms. The second kappa shape index (κ2) is 6.02. The van der Waals surface area contributed by atoms with Crippen molar-refractivity contribution in [3.05, 3.63) is 41.2 Å². The molecule has 1 aliphatic carbocycles. The number of halogens is 5. The van der Waals surface area contributed by atoms with Crippen molar-refractivity contribution < 1.29 is 22.0 Å². The number of nitrogens with zero attached hydrogens (tertiary/aromatic N) is 1. The van der Waals surface area contributed by atoms with Crippen LogP contribution in [-0.2, 0) is 0 Å². The molecule has 0 radical (unpaired) electrons. The standard InChI is InChI=1S/C13H11F5N2/c14-8-9(15)11(17)13(12(18)10(8)16)20-19-6-7-4-2-1-3-5-7/h1-2,6-7,20H,3-5H2/b19-6-/t7-/m1/s1. The van der Waals surface area contributed by atoms with Crippen molar-refractivity contribution in [2.24, 2.45) is 11.0 Å². The van der Waals surface area contributed by atoms with Crippen LogP contribution in [0.2, 0.25) is 0 Å². The summed E-state index contributed by atoms with van der Waals surface area (Å²) in [5.74, 6) is -9.96. The molecule has 0 saturated carbocycles. The minimum absolute atomic E-state index is 0.0776. The normalized spacial score (nSPS) is 18.8. The van der Waals surface area contributed by atoms with E-state index in [1.54, 1.807) is 0 Å². The highest BCUT2D eigenvalue weighted by Crippen LogP contribution is 2.27. The maximum Gasteiger partial charge on any atom is 0.200 e. The Morgan fingerprint density at radius 2 is 1.55 bits per heavy atom. The molecule has 0 saturated heterocycles. The van der Waals surface area contributed by atoms with Crippen molar-refractivity contribution in [3.8, 4) is 0 Å². The van der Waals surface area contributed by atoms with Crippen molar-refractivity contribution >= 4 is 11.9 Å². The summed E-state index contributed by atoms with van der Waals surface area (Å²) in [6.07, 6.45) is 7.75. The first-order valence-electron chi connectivity index (χ1n) is 5.98. The predicted molar refractivity (Wildman–Crippen MR) is 64.8 cm³/mol. The molecular weight excluding hydrogens is 279 g/mol. The number of hydrogen-bond acceptors (Lipinski definition) is 2. The first kappa shape index (κ1) is 14.5. The van der Waals surface area contributed by atoms with E-state index >= 15 is 0 Å². The molecule has 0 amide bonds. The highest BCUT2D eigenvalue weighted by atomic mass is 19.2. The quantitative estimate of drug-likeness (QED) is 0.222. The monoisotopic (exact) mass is 290 g/mol. The summed E-state index contributed by atoms with van der Waals surface area (Å²) in [5, 5.41) is 3.55. The van der Waals surface area contributed by atoms with Gasteiger partial charge in [0.15, 0.2) is 23.3 Å². The van der Waals surface area contributed by atoms with Crippen LogP contribution in [0.1, 0.15) is 19.3 Å². The van der Waals surface area contributed by atoms with Gasteiger partial charge in [0, 0.05) is 6.21 Å². The zero-order chi connectivity index (χ0) is 14.7. The van der Waals surface area contributed by atoms with E-state index in [9.17, 15) is 22.0 Å². The molecule has 7 heteroatoms. The summed E-state index contributed by atoms with van der Waals surface area (Å²) >= 11 is 0. The fourth-order valence-electron chi connectivity index (χ4n) is 1.86. The lowest BCUT2D eigenvalue weighted by Crippen LogP contribution is -2.09. The molecule has 2 rings (SSSR count). The summed E-state index contributed by atoms with van der Waals surface area (Å²) in [4.78, 5) is 0. The molecule has 108 valence electrons. The van der Waals surface area contributed by atoms with Gasteiger partial charge >= 0.3 is 0 Å². The van der Waals surface area contributed by atoms with Gasteiger partial charge in [-0.25, -0.2) is 22.0 Å². The minimum atomic E-state index is -2.19. The Morgan fingerprint density at radius 3 is 2.10 bits per heavy atom. The summed E-state index contributed by atoms with van der Waals surface area (Å²) in [7, 11) is 0. The summed E-state index contributed by atoms with van der Waals surface area (Å²) in [6.45, 7) is 0. The van der Waals surface area contributed by atoms with Gasteiger partial charge in [-0.2, -0.15) is 5.10 Å². The Kier molecular flexibility index (Phi) is 4.36. The SMILES string of the molecule is Fc1c(F)c(F)c(N/N=C\[C@@H]2CC=CCC2)c(F)c1F. The number of hydrogen-bond donors (Lipinski definition) is 1. The van der Waals surface area contributed by atoms with Gasteiger partial charge < -0.3 is 0 Å². The zero-order valence-corrected chi connectivity index (χ0v) is 10.3. The van der Waals surface area contributed by atoms with E-state index in [4.69, 9.17) is 0 Å². The third-order valence-electron chi connectivity index (χ3n) is 2.98. The molecule has 0 heterocycles. The fraction of sp³-hybridized carbons (Fsp3) is 0.308. The van der Waals surface area contributed by atoms with Crippen LogP contribution in [-0.4, -0.2) is 6.21 Å². The lowest BCUT2D eigenvalue weighted by molar-refractivity contribution is 0.381. The first-order chi connectivity index (χ1) is 9.52. The van der Waals surface area contributed by atoms with Gasteiger partial charge in [0.25, 0.3) is 0 Å². The van der Waals surface area contributed by atoms with E-state index in [1.165, 1.54) is 6.21 Å². The Hall–Kier alpha value is -1.92. The second-order valence-corrected chi connectivity index (χ2v) is 4.38. The van der Waals surface area contributed by atoms with Crippen molar-refractivity contribution in [1.29, 1.82) is 0 Å². The molecule has 1 aliphatic rings. The summed E-state index contributed by atoms with van der Waals surface area (Å²) in [5.41, 5.74) is 0.737. The average Bonchev–Trinajstić information content (AvgIpc) is 2.48. The second-order valence-electron chi connectivity index (χ2n) is 4.38. The van der Waals surface area contributed by atoms with Gasteiger partial charge in [0.2, 0.25) is 5.82 Å². The van der Waals surface area contributed by atoms with Crippen LogP contribution in [0.5, 0.6) is 0 Å². The smallest absolute Gasteiger partial charge is 0.200 e. The largest absolute Gasteiger partial charge is 0.273 e. The van der Waals surface area contributed by atoms with Gasteiger partial charge in [0.1, 0.15) is 5.69 Å². The number of allylic oxidation sites excluding steroid dienone is 2. The van der Waals surface area contributed by atoms with Crippen LogP contribution in [0.3, 0.4) is 0 Å². The fourth-order valence-corrected chi connectivity index (χ4v) is 1.86. The Balaban J connectivity index is 2.17. The Labute approximate surface area is 112 Å². The number of rotatable bonds is 3. The molecule has 20 heavy (non-hydrogen) atoms. The van der Waals surface area contributed by atoms with E-state index in [2.05, 4.69) is 5.10 Å². The number of anilines is 1. The van der Waals surface area contributed by atoms with E-state index in [1.807, 2.05) is 17.6 Å². The van der Waals surface area contributed by atoms with Crippen molar-refractivity contribution in [2.75, 3.05) is 5.43 Å². The first-order valence-corrected chi connectivity index (χ1v) is 5.98. The lowest BCUT2D eigenvalue weighted by Gasteiger charge is -2.12. The van der Waals surface area contributed by atoms with Gasteiger partial charge in [-0.15, -0.1) is 0 Å². The summed E-state index contributed by atoms with van der Waals surface area (Å²) < 4.78 is 65.3. The van der Waals surface area contributed by atoms with E-state index < -0.39 is 34.8 Å². The molecule has 0 aliphatic heterocycles. The van der Waals surface area contributed by atoms with Crippen molar-refractivity contribution in [3.63, 3.8) is 0 Å². The van der Waals surface area contributed by atoms with Crippen LogP contribution in [0, 0.1) is 35.0 Å². The van der Waals surface area contributed by atoms with E-state index in [0.29, 0.717) is 0 Å². The Morgan fingerprint density at radius 1 is 0.950 bits per heavy atom. The van der Waals surface area contributed by atoms with Gasteiger partial charge in [-0.1, -0.05) is 12.2 Å². The zero-order valence-electron chi connectivity index (χ0n) is 10.3. The predicted octanol–water partition coefficient (Wildman–Crippen LogP) is 4.14. The van der Waals surface area contributed by atoms with Crippen LogP contribution in [0.25, 0.3) is 0 Å². The number of nitrogens with one attached hydrogen (secondary N) is 1. The lowest BCUT2D eigenvalue weighted by atomic mass is 9.96. The number of benzene rings is 1. The molecule has 0 bridgehead atoms. The number of hydrazone groups is 1. The molecule has 2 nitrogen and oxygen atoms in total. The summed E-state index contributed by atoms with van der Waals surface area (Å²) in [6, 6.07) is 0. The van der Waals surface area contributed by atoms with Crippen LogP contribution in [0.15, 0.2) is 17.3 Å². The third-order valence-corrected chi connectivity index (χ3v) is 2.98. The topological polar surface area (TPSA) is 24.4 Å². The van der Waals surface area contributed by atoms with E-state index in [0.717, 1.165) is 19.3 Å². The van der Waals surface area contributed by atoms with Crippen LogP contribution >= 0.6 is 0 Å². The molecule has 1 aromatic rings. The molecule has 0 unspecified atom stereocenters. The van der Waals surface area contributed by atoms with Gasteiger partial charge in [0.05, 0.1) is 0 Å². The molecule has 0 aromatic heterocycles. The highest BCUT2D eigenvalue weighted by molar-refractivity contribution is 5.63. The molecule has 1 N–H and O–H groups in total. The van der Waals surface area contributed by atoms with Crippen molar-refractivity contribution in [1.82, 2.24) is 0 Å². The molecule has 0 fully saturated rings. The highest BCUT2D eigenvalue weighted by Gasteiger charge is 2.25.